The van der Waals surface area contributed by atoms with Crippen molar-refractivity contribution in [3.8, 4) is 11.4 Å². The van der Waals surface area contributed by atoms with Gasteiger partial charge in [0.05, 0.1) is 36.7 Å². The number of benzene rings is 3. The lowest BCUT2D eigenvalue weighted by Crippen LogP contribution is -2.45. The number of hydrogen-bond donors (Lipinski definition) is 1. The lowest BCUT2D eigenvalue weighted by atomic mass is 10.0. The second-order valence-corrected chi connectivity index (χ2v) is 9.54. The molecule has 1 aliphatic rings. The van der Waals surface area contributed by atoms with Crippen molar-refractivity contribution in [2.24, 2.45) is 0 Å². The van der Waals surface area contributed by atoms with Gasteiger partial charge in [-0.1, -0.05) is 42.5 Å². The van der Waals surface area contributed by atoms with Gasteiger partial charge in [-0.2, -0.15) is 18.3 Å². The molecule has 2 atom stereocenters. The van der Waals surface area contributed by atoms with E-state index in [-0.39, 0.29) is 0 Å². The van der Waals surface area contributed by atoms with E-state index in [0.29, 0.717) is 11.3 Å². The van der Waals surface area contributed by atoms with Crippen LogP contribution in [-0.2, 0) is 16.1 Å². The fourth-order valence-corrected chi connectivity index (χ4v) is 4.66. The number of nitrogens with zero attached hydrogens (tertiary/aromatic N) is 3. The predicted molar refractivity (Wildman–Crippen MR) is 141 cm³/mol. The molecule has 7 nitrogen and oxygen atoms in total. The van der Waals surface area contributed by atoms with Crippen LogP contribution in [0.5, 0.6) is 5.75 Å². The first-order valence-electron chi connectivity index (χ1n) is 12.7. The molecule has 4 aromatic rings. The number of ether oxygens (including phenoxy) is 2. The molecule has 39 heavy (non-hydrogen) atoms. The molecule has 1 aromatic heterocycles. The van der Waals surface area contributed by atoms with Gasteiger partial charge in [0.25, 0.3) is 0 Å². The summed E-state index contributed by atoms with van der Waals surface area (Å²) < 4.78 is 52.0. The molecule has 0 saturated carbocycles. The third-order valence-corrected chi connectivity index (χ3v) is 6.69. The number of hydrogen-bond acceptors (Lipinski definition) is 5. The molecule has 204 valence electrons. The maximum atomic E-state index is 12.9. The molecule has 2 heterocycles. The van der Waals surface area contributed by atoms with Crippen LogP contribution in [0, 0.1) is 0 Å². The first kappa shape index (κ1) is 26.7. The summed E-state index contributed by atoms with van der Waals surface area (Å²) in [5, 5.41) is 7.37. The monoisotopic (exact) mass is 538 g/mol. The molecule has 5 rings (SSSR count). The number of amides is 1. The number of carbonyl (C=O) groups excluding carboxylic acids is 1. The predicted octanol–water partition coefficient (Wildman–Crippen LogP) is 5.04. The average Bonchev–Trinajstić information content (AvgIpc) is 3.36. The van der Waals surface area contributed by atoms with E-state index in [4.69, 9.17) is 9.47 Å². The normalized spacial score (nSPS) is 16.1. The molecule has 0 unspecified atom stereocenters. The van der Waals surface area contributed by atoms with Crippen LogP contribution in [0.25, 0.3) is 16.6 Å². The Bertz CT molecular complexity index is 1400. The van der Waals surface area contributed by atoms with Gasteiger partial charge >= 0.3 is 12.1 Å². The Hall–Kier alpha value is -3.89. The van der Waals surface area contributed by atoms with E-state index >= 15 is 0 Å². The second kappa shape index (κ2) is 11.5. The maximum absolute atomic E-state index is 12.9. The van der Waals surface area contributed by atoms with Crippen molar-refractivity contribution in [3.05, 3.63) is 90.1 Å². The fraction of sp³-hybridized carbons (Fsp3) is 0.310. The van der Waals surface area contributed by atoms with E-state index < -0.39 is 24.2 Å². The van der Waals surface area contributed by atoms with E-state index in [9.17, 15) is 18.0 Å². The van der Waals surface area contributed by atoms with Gasteiger partial charge < -0.3 is 14.8 Å². The first-order valence-corrected chi connectivity index (χ1v) is 12.7. The number of carbonyl (C=O) groups is 1. The third kappa shape index (κ3) is 6.40. The summed E-state index contributed by atoms with van der Waals surface area (Å²) in [6.07, 6.45) is -4.11. The van der Waals surface area contributed by atoms with Gasteiger partial charge in [-0.3, -0.25) is 9.69 Å². The van der Waals surface area contributed by atoms with Crippen molar-refractivity contribution in [1.29, 1.82) is 0 Å². The van der Waals surface area contributed by atoms with Crippen molar-refractivity contribution < 1.29 is 27.4 Å². The molecular weight excluding hydrogens is 509 g/mol. The van der Waals surface area contributed by atoms with E-state index in [1.165, 1.54) is 12.5 Å². The molecule has 0 bridgehead atoms. The summed E-state index contributed by atoms with van der Waals surface area (Å²) in [6, 6.07) is 21.5. The highest BCUT2D eigenvalue weighted by atomic mass is 19.4. The molecule has 3 aromatic carbocycles. The Balaban J connectivity index is 1.34. The second-order valence-electron chi connectivity index (χ2n) is 9.54. The van der Waals surface area contributed by atoms with Gasteiger partial charge in [0.15, 0.2) is 0 Å². The van der Waals surface area contributed by atoms with Gasteiger partial charge in [-0.15, -0.1) is 0 Å². The maximum Gasteiger partial charge on any atom is 0.471 e. The van der Waals surface area contributed by atoms with Crippen LogP contribution >= 0.6 is 0 Å². The average molecular weight is 539 g/mol. The number of aromatic nitrogens is 2. The zero-order valence-electron chi connectivity index (χ0n) is 21.4. The molecule has 1 amide bonds. The van der Waals surface area contributed by atoms with Crippen molar-refractivity contribution in [1.82, 2.24) is 20.0 Å². The van der Waals surface area contributed by atoms with Gasteiger partial charge in [-0.25, -0.2) is 4.68 Å². The molecule has 1 saturated heterocycles. The molecule has 0 spiro atoms. The Labute approximate surface area is 224 Å². The number of morpholine rings is 1. The summed E-state index contributed by atoms with van der Waals surface area (Å²) in [6.45, 7) is 5.73. The highest BCUT2D eigenvalue weighted by Gasteiger charge is 2.40. The minimum absolute atomic E-state index is 0.449. The lowest BCUT2D eigenvalue weighted by molar-refractivity contribution is -0.174. The Morgan fingerprint density at radius 2 is 1.77 bits per heavy atom. The van der Waals surface area contributed by atoms with Crippen LogP contribution in [-0.4, -0.2) is 59.1 Å². The van der Waals surface area contributed by atoms with Crippen LogP contribution in [0.1, 0.15) is 24.2 Å². The van der Waals surface area contributed by atoms with Crippen LogP contribution in [0.3, 0.4) is 0 Å². The minimum atomic E-state index is -4.98. The number of nitrogens with one attached hydrogen (secondary N) is 1. The molecule has 0 radical (unpaired) electrons. The van der Waals surface area contributed by atoms with Crippen LogP contribution in [0.4, 0.5) is 13.2 Å². The Kier molecular flexibility index (Phi) is 7.85. The molecule has 1 aliphatic heterocycles. The molecule has 1 fully saturated rings. The summed E-state index contributed by atoms with van der Waals surface area (Å²) in [4.78, 5) is 13.9. The van der Waals surface area contributed by atoms with Gasteiger partial charge in [0, 0.05) is 25.0 Å². The van der Waals surface area contributed by atoms with Crippen molar-refractivity contribution in [2.75, 3.05) is 26.3 Å². The molecule has 1 N–H and O–H groups in total. The molecular formula is C29H29F3N4O3. The molecule has 0 aliphatic carbocycles. The van der Waals surface area contributed by atoms with Gasteiger partial charge in [0.2, 0.25) is 0 Å². The fourth-order valence-electron chi connectivity index (χ4n) is 4.66. The lowest BCUT2D eigenvalue weighted by Gasteiger charge is -2.27. The summed E-state index contributed by atoms with van der Waals surface area (Å²) in [5.41, 5.74) is 3.62. The van der Waals surface area contributed by atoms with Crippen molar-refractivity contribution in [3.63, 3.8) is 0 Å². The van der Waals surface area contributed by atoms with Crippen molar-refractivity contribution >= 4 is 16.8 Å². The van der Waals surface area contributed by atoms with E-state index in [0.717, 1.165) is 49.4 Å². The highest BCUT2D eigenvalue weighted by molar-refractivity contribution is 5.82. The zero-order valence-corrected chi connectivity index (χ0v) is 21.4. The largest absolute Gasteiger partial charge is 0.484 e. The minimum Gasteiger partial charge on any atom is -0.484 e. The van der Waals surface area contributed by atoms with E-state index in [1.54, 1.807) is 48.7 Å². The van der Waals surface area contributed by atoms with Crippen molar-refractivity contribution in [2.45, 2.75) is 31.8 Å². The van der Waals surface area contributed by atoms with Gasteiger partial charge in [-0.05, 0) is 48.4 Å². The highest BCUT2D eigenvalue weighted by Crippen LogP contribution is 2.29. The SMILES string of the molecule is C[C@H](NC(=O)C(F)(F)F)[C@H](Oc1ccc2c(cnn2-c2ccc(CN3CCOCC3)cc2)c1)c1ccccc1. The number of fused-ring (bicyclic) bond motifs is 1. The molecule has 10 heteroatoms. The standard InChI is InChI=1S/C29H29F3N4O3/c1-20(34-28(37)29(30,31)32)27(22-5-3-2-4-6-22)39-25-11-12-26-23(17-25)18-33-36(26)24-9-7-21(8-10-24)19-35-13-15-38-16-14-35/h2-12,17-18,20,27H,13-16,19H2,1H3,(H,34,37)/t20-,27-/m0/s1. The quantitative estimate of drug-likeness (QED) is 0.340. The topological polar surface area (TPSA) is 68.6 Å². The number of alkyl halides is 3. The summed E-state index contributed by atoms with van der Waals surface area (Å²) >= 11 is 0. The first-order chi connectivity index (χ1) is 18.8. The summed E-state index contributed by atoms with van der Waals surface area (Å²) in [7, 11) is 0. The Morgan fingerprint density at radius 1 is 1.05 bits per heavy atom. The van der Waals surface area contributed by atoms with Crippen LogP contribution in [0.15, 0.2) is 79.0 Å². The van der Waals surface area contributed by atoms with Gasteiger partial charge in [0.1, 0.15) is 11.9 Å². The number of halogens is 3. The van der Waals surface area contributed by atoms with E-state index in [2.05, 4.69) is 22.1 Å². The zero-order chi connectivity index (χ0) is 27.4. The smallest absolute Gasteiger partial charge is 0.471 e. The van der Waals surface area contributed by atoms with E-state index in [1.807, 2.05) is 28.2 Å². The third-order valence-electron chi connectivity index (χ3n) is 6.69. The van der Waals surface area contributed by atoms with Crippen LogP contribution < -0.4 is 10.1 Å². The summed E-state index contributed by atoms with van der Waals surface area (Å²) in [5.74, 6) is -1.56. The Morgan fingerprint density at radius 3 is 2.46 bits per heavy atom. The number of rotatable bonds is 8. The van der Waals surface area contributed by atoms with Crippen LogP contribution in [0.2, 0.25) is 0 Å².